The summed E-state index contributed by atoms with van der Waals surface area (Å²) in [4.78, 5) is 20.8. The standard InChI is InChI=1S/C19H22N6O4S/c1-14(13-21-30(27,28)17-4-2-3-16-18(17)23-29-22-16)19(26)25-11-9-24(10-12-25)15-5-7-20-8-6-15/h2-8,14,21H,9-13H2,1H3. The Morgan fingerprint density at radius 3 is 2.60 bits per heavy atom. The predicted molar refractivity (Wildman–Crippen MR) is 109 cm³/mol. The molecule has 1 N–H and O–H groups in total. The zero-order valence-electron chi connectivity index (χ0n) is 16.4. The molecular formula is C19H22N6O4S. The lowest BCUT2D eigenvalue weighted by molar-refractivity contribution is -0.135. The predicted octanol–water partition coefficient (Wildman–Crippen LogP) is 0.881. The maximum Gasteiger partial charge on any atom is 0.242 e. The van der Waals surface area contributed by atoms with Crippen molar-refractivity contribution in [2.45, 2.75) is 11.8 Å². The number of aromatic nitrogens is 3. The molecular weight excluding hydrogens is 408 g/mol. The van der Waals surface area contributed by atoms with E-state index in [0.29, 0.717) is 18.6 Å². The van der Waals surface area contributed by atoms with Gasteiger partial charge in [-0.25, -0.2) is 17.8 Å². The van der Waals surface area contributed by atoms with E-state index in [1.165, 1.54) is 6.07 Å². The van der Waals surface area contributed by atoms with Gasteiger partial charge in [0.25, 0.3) is 0 Å². The Balaban J connectivity index is 1.34. The normalized spacial score (nSPS) is 16.0. The second-order valence-electron chi connectivity index (χ2n) is 7.16. The van der Waals surface area contributed by atoms with E-state index in [9.17, 15) is 13.2 Å². The second-order valence-corrected chi connectivity index (χ2v) is 8.89. The molecule has 0 saturated carbocycles. The van der Waals surface area contributed by atoms with Crippen molar-refractivity contribution < 1.29 is 17.8 Å². The molecule has 10 nitrogen and oxygen atoms in total. The van der Waals surface area contributed by atoms with Gasteiger partial charge in [-0.3, -0.25) is 9.78 Å². The fraction of sp³-hybridized carbons (Fsp3) is 0.368. The molecule has 3 aromatic rings. The number of benzene rings is 1. The maximum absolute atomic E-state index is 12.8. The zero-order valence-corrected chi connectivity index (χ0v) is 17.2. The molecule has 1 saturated heterocycles. The van der Waals surface area contributed by atoms with Crippen molar-refractivity contribution in [2.24, 2.45) is 5.92 Å². The van der Waals surface area contributed by atoms with E-state index in [1.807, 2.05) is 12.1 Å². The van der Waals surface area contributed by atoms with Crippen LogP contribution in [0.3, 0.4) is 0 Å². The lowest BCUT2D eigenvalue weighted by Crippen LogP contribution is -2.51. The number of hydrogen-bond acceptors (Lipinski definition) is 8. The molecule has 1 unspecified atom stereocenters. The smallest absolute Gasteiger partial charge is 0.242 e. The summed E-state index contributed by atoms with van der Waals surface area (Å²) in [6.07, 6.45) is 3.49. The summed E-state index contributed by atoms with van der Waals surface area (Å²) in [5, 5.41) is 7.32. The van der Waals surface area contributed by atoms with Crippen molar-refractivity contribution in [3.8, 4) is 0 Å². The van der Waals surface area contributed by atoms with Crippen LogP contribution in [0.2, 0.25) is 0 Å². The number of amides is 1. The molecule has 11 heteroatoms. The largest absolute Gasteiger partial charge is 0.368 e. The van der Waals surface area contributed by atoms with E-state index >= 15 is 0 Å². The molecule has 0 spiro atoms. The highest BCUT2D eigenvalue weighted by atomic mass is 32.2. The Morgan fingerprint density at radius 2 is 1.87 bits per heavy atom. The summed E-state index contributed by atoms with van der Waals surface area (Å²) < 4.78 is 32.5. The number of sulfonamides is 1. The summed E-state index contributed by atoms with van der Waals surface area (Å²) >= 11 is 0. The SMILES string of the molecule is CC(CNS(=O)(=O)c1cccc2nonc12)C(=O)N1CCN(c2ccncc2)CC1. The van der Waals surface area contributed by atoms with Gasteiger partial charge < -0.3 is 9.80 Å². The van der Waals surface area contributed by atoms with Gasteiger partial charge >= 0.3 is 0 Å². The van der Waals surface area contributed by atoms with Gasteiger partial charge in [-0.15, -0.1) is 0 Å². The number of anilines is 1. The van der Waals surface area contributed by atoms with E-state index < -0.39 is 15.9 Å². The van der Waals surface area contributed by atoms with Gasteiger partial charge in [0.15, 0.2) is 5.52 Å². The molecule has 2 aromatic heterocycles. The van der Waals surface area contributed by atoms with Crippen LogP contribution in [-0.4, -0.2) is 67.2 Å². The highest BCUT2D eigenvalue weighted by Crippen LogP contribution is 2.20. The van der Waals surface area contributed by atoms with Gasteiger partial charge in [0.05, 0.1) is 0 Å². The molecule has 158 valence electrons. The van der Waals surface area contributed by atoms with Crippen LogP contribution in [-0.2, 0) is 14.8 Å². The highest BCUT2D eigenvalue weighted by molar-refractivity contribution is 7.89. The lowest BCUT2D eigenvalue weighted by Gasteiger charge is -2.37. The number of fused-ring (bicyclic) bond motifs is 1. The topological polar surface area (TPSA) is 122 Å². The third-order valence-corrected chi connectivity index (χ3v) is 6.61. The maximum atomic E-state index is 12.8. The summed E-state index contributed by atoms with van der Waals surface area (Å²) in [5.41, 5.74) is 1.60. The molecule has 0 aliphatic carbocycles. The Hall–Kier alpha value is -3.05. The van der Waals surface area contributed by atoms with Crippen LogP contribution in [0, 0.1) is 5.92 Å². The van der Waals surface area contributed by atoms with Gasteiger partial charge in [0, 0.05) is 56.7 Å². The second kappa shape index (κ2) is 8.36. The quantitative estimate of drug-likeness (QED) is 0.612. The van der Waals surface area contributed by atoms with Gasteiger partial charge in [0.1, 0.15) is 10.4 Å². The molecule has 0 bridgehead atoms. The summed E-state index contributed by atoms with van der Waals surface area (Å²) in [6.45, 7) is 4.32. The molecule has 0 radical (unpaired) electrons. The minimum atomic E-state index is -3.86. The van der Waals surface area contributed by atoms with Gasteiger partial charge in [0.2, 0.25) is 15.9 Å². The van der Waals surface area contributed by atoms with Crippen molar-refractivity contribution in [3.63, 3.8) is 0 Å². The first-order chi connectivity index (χ1) is 14.5. The molecule has 1 aliphatic heterocycles. The number of pyridine rings is 1. The average Bonchev–Trinajstić information content (AvgIpc) is 3.26. The van der Waals surface area contributed by atoms with Crippen molar-refractivity contribution in [1.29, 1.82) is 0 Å². The van der Waals surface area contributed by atoms with Gasteiger partial charge in [-0.1, -0.05) is 13.0 Å². The average molecular weight is 430 g/mol. The number of hydrogen-bond donors (Lipinski definition) is 1. The van der Waals surface area contributed by atoms with Crippen molar-refractivity contribution in [2.75, 3.05) is 37.6 Å². The first-order valence-electron chi connectivity index (χ1n) is 9.60. The van der Waals surface area contributed by atoms with E-state index in [0.717, 1.165) is 18.8 Å². The van der Waals surface area contributed by atoms with Crippen molar-refractivity contribution in [1.82, 2.24) is 24.9 Å². The fourth-order valence-electron chi connectivity index (χ4n) is 3.45. The van der Waals surface area contributed by atoms with Crippen LogP contribution < -0.4 is 9.62 Å². The van der Waals surface area contributed by atoms with E-state index in [2.05, 4.69) is 29.5 Å². The third kappa shape index (κ3) is 4.12. The molecule has 3 heterocycles. The van der Waals surface area contributed by atoms with Gasteiger partial charge in [-0.05, 0) is 34.6 Å². The highest BCUT2D eigenvalue weighted by Gasteiger charge is 2.27. The monoisotopic (exact) mass is 430 g/mol. The van der Waals surface area contributed by atoms with Crippen LogP contribution in [0.1, 0.15) is 6.92 Å². The minimum absolute atomic E-state index is 0.00654. The Morgan fingerprint density at radius 1 is 1.13 bits per heavy atom. The summed E-state index contributed by atoms with van der Waals surface area (Å²) in [6, 6.07) is 8.50. The number of piperazine rings is 1. The lowest BCUT2D eigenvalue weighted by atomic mass is 10.1. The third-order valence-electron chi connectivity index (χ3n) is 5.16. The molecule has 30 heavy (non-hydrogen) atoms. The van der Waals surface area contributed by atoms with Crippen LogP contribution in [0.25, 0.3) is 11.0 Å². The van der Waals surface area contributed by atoms with Crippen LogP contribution in [0.4, 0.5) is 5.69 Å². The number of rotatable bonds is 6. The van der Waals surface area contributed by atoms with Crippen LogP contribution in [0.15, 0.2) is 52.3 Å². The van der Waals surface area contributed by atoms with Crippen LogP contribution >= 0.6 is 0 Å². The molecule has 1 aliphatic rings. The zero-order chi connectivity index (χ0) is 21.1. The van der Waals surface area contributed by atoms with E-state index in [1.54, 1.807) is 36.4 Å². The molecule has 1 fully saturated rings. The minimum Gasteiger partial charge on any atom is -0.368 e. The Bertz CT molecular complexity index is 1130. The van der Waals surface area contributed by atoms with Crippen molar-refractivity contribution in [3.05, 3.63) is 42.7 Å². The summed E-state index contributed by atoms with van der Waals surface area (Å²) in [7, 11) is -3.86. The van der Waals surface area contributed by atoms with E-state index in [4.69, 9.17) is 0 Å². The summed E-state index contributed by atoms with van der Waals surface area (Å²) in [5.74, 6) is -0.574. The van der Waals surface area contributed by atoms with Crippen LogP contribution in [0.5, 0.6) is 0 Å². The van der Waals surface area contributed by atoms with Gasteiger partial charge in [-0.2, -0.15) is 0 Å². The fourth-order valence-corrected chi connectivity index (χ4v) is 4.73. The Labute approximate surface area is 173 Å². The molecule has 1 aromatic carbocycles. The number of carbonyl (C=O) groups is 1. The van der Waals surface area contributed by atoms with E-state index in [-0.39, 0.29) is 22.9 Å². The number of nitrogens with one attached hydrogen (secondary N) is 1. The first kappa shape index (κ1) is 20.2. The number of carbonyl (C=O) groups excluding carboxylic acids is 1. The Kier molecular flexibility index (Phi) is 5.64. The van der Waals surface area contributed by atoms with Crippen molar-refractivity contribution >= 4 is 32.7 Å². The first-order valence-corrected chi connectivity index (χ1v) is 11.1. The molecule has 1 amide bonds. The molecule has 1 atom stereocenters. The molecule has 4 rings (SSSR count). The number of nitrogens with zero attached hydrogens (tertiary/aromatic N) is 5.